The number of rotatable bonds is 8. The first-order valence-corrected chi connectivity index (χ1v) is 16.7. The Kier molecular flexibility index (Phi) is 9.58. The molecule has 0 bridgehead atoms. The third kappa shape index (κ3) is 6.45. The Morgan fingerprint density at radius 2 is 1.92 bits per heavy atom. The molecule has 0 saturated carbocycles. The van der Waals surface area contributed by atoms with Crippen LogP contribution in [-0.2, 0) is 4.79 Å². The van der Waals surface area contributed by atoms with Gasteiger partial charge in [0, 0.05) is 71.7 Å². The topological polar surface area (TPSA) is 133 Å². The maximum Gasteiger partial charge on any atom is 0.317 e. The molecule has 1 N–H and O–H groups in total. The summed E-state index contributed by atoms with van der Waals surface area (Å²) < 4.78 is 39.8. The number of pyridine rings is 1. The minimum atomic E-state index is -1.19. The van der Waals surface area contributed by atoms with Gasteiger partial charge in [0.15, 0.2) is 11.6 Å². The number of amides is 1. The largest absolute Gasteiger partial charge is 0.462 e. The van der Waals surface area contributed by atoms with Crippen LogP contribution in [0.2, 0.25) is 5.02 Å². The number of hydrogen-bond donors (Lipinski definition) is 1. The second kappa shape index (κ2) is 14.4. The zero-order chi connectivity index (χ0) is 34.8. The fourth-order valence-electron chi connectivity index (χ4n) is 6.57. The first-order valence-electron chi connectivity index (χ1n) is 16.3. The van der Waals surface area contributed by atoms with Crippen molar-refractivity contribution in [2.24, 2.45) is 0 Å². The summed E-state index contributed by atoms with van der Waals surface area (Å²) in [7, 11) is 1.99. The molecule has 0 aliphatic carbocycles. The smallest absolute Gasteiger partial charge is 0.317 e. The lowest BCUT2D eigenvalue weighted by atomic mass is 9.99. The molecule has 14 heteroatoms. The first kappa shape index (κ1) is 33.3. The van der Waals surface area contributed by atoms with Crippen LogP contribution < -0.4 is 10.1 Å². The van der Waals surface area contributed by atoms with E-state index >= 15 is 8.78 Å². The van der Waals surface area contributed by atoms with Crippen molar-refractivity contribution in [3.8, 4) is 23.3 Å². The second-order valence-corrected chi connectivity index (χ2v) is 12.7. The maximum absolute atomic E-state index is 16.9. The standard InChI is InChI=1S/C36H32ClF2N9O2/c1-47-16-4-8-23(47)20-50-36-45-31(28(34-42-13-5-14-43-34)29(38)35(49)48-17-15-41-22(19-48)11-12-40)25-18-44-32(30(39)33(25)46-36)24-9-2-6-21-7-3-10-26(37)27(21)24/h2-3,5-7,9-10,13-14,18,22-23,41H,4,8,11,15-17,19-20H2,1H3/b29-28-/t22-,23-/m0/s1. The molecule has 2 aromatic carbocycles. The molecule has 7 rings (SSSR count). The van der Waals surface area contributed by atoms with Gasteiger partial charge in [-0.2, -0.15) is 19.6 Å². The van der Waals surface area contributed by atoms with Gasteiger partial charge in [-0.1, -0.05) is 41.9 Å². The lowest BCUT2D eigenvalue weighted by Crippen LogP contribution is -2.52. The van der Waals surface area contributed by atoms with E-state index in [1.54, 1.807) is 24.3 Å². The number of piperazine rings is 1. The molecular formula is C36H32ClF2N9O2. The average Bonchev–Trinajstić information content (AvgIpc) is 3.55. The molecule has 0 spiro atoms. The van der Waals surface area contributed by atoms with E-state index in [9.17, 15) is 10.1 Å². The number of carbonyl (C=O) groups is 1. The van der Waals surface area contributed by atoms with E-state index in [1.165, 1.54) is 23.5 Å². The number of halogens is 3. The van der Waals surface area contributed by atoms with Crippen LogP contribution in [0, 0.1) is 17.1 Å². The summed E-state index contributed by atoms with van der Waals surface area (Å²) in [6.07, 6.45) is 6.20. The molecule has 3 aromatic heterocycles. The highest BCUT2D eigenvalue weighted by Crippen LogP contribution is 2.38. The predicted octanol–water partition coefficient (Wildman–Crippen LogP) is 5.34. The third-order valence-corrected chi connectivity index (χ3v) is 9.48. The molecule has 1 amide bonds. The van der Waals surface area contributed by atoms with Crippen molar-refractivity contribution < 1.29 is 18.3 Å². The minimum absolute atomic E-state index is 0.0234. The van der Waals surface area contributed by atoms with E-state index in [2.05, 4.69) is 41.2 Å². The zero-order valence-electron chi connectivity index (χ0n) is 27.1. The number of nitrogens with zero attached hydrogens (tertiary/aromatic N) is 8. The number of nitriles is 1. The summed E-state index contributed by atoms with van der Waals surface area (Å²) in [5.41, 5.74) is -0.284. The van der Waals surface area contributed by atoms with E-state index in [1.807, 2.05) is 25.2 Å². The van der Waals surface area contributed by atoms with Crippen molar-refractivity contribution in [1.82, 2.24) is 40.0 Å². The Labute approximate surface area is 291 Å². The molecule has 2 saturated heterocycles. The van der Waals surface area contributed by atoms with Crippen LogP contribution in [0.4, 0.5) is 8.78 Å². The lowest BCUT2D eigenvalue weighted by molar-refractivity contribution is -0.129. The second-order valence-electron chi connectivity index (χ2n) is 12.3. The van der Waals surface area contributed by atoms with Crippen molar-refractivity contribution in [2.45, 2.75) is 31.3 Å². The molecule has 11 nitrogen and oxygen atoms in total. The van der Waals surface area contributed by atoms with E-state index in [0.717, 1.165) is 24.8 Å². The van der Waals surface area contributed by atoms with Crippen LogP contribution in [0.25, 0.3) is 38.5 Å². The Bertz CT molecular complexity index is 2160. The summed E-state index contributed by atoms with van der Waals surface area (Å²) in [6, 6.07) is 14.0. The maximum atomic E-state index is 16.9. The van der Waals surface area contributed by atoms with Gasteiger partial charge in [-0.05, 0) is 44.0 Å². The number of carbonyl (C=O) groups excluding carboxylic acids is 1. The number of fused-ring (bicyclic) bond motifs is 2. The number of benzene rings is 2. The third-order valence-electron chi connectivity index (χ3n) is 9.16. The molecule has 2 fully saturated rings. The van der Waals surface area contributed by atoms with Crippen molar-refractivity contribution >= 4 is 44.8 Å². The Morgan fingerprint density at radius 1 is 1.12 bits per heavy atom. The highest BCUT2D eigenvalue weighted by atomic mass is 35.5. The molecule has 2 atom stereocenters. The van der Waals surface area contributed by atoms with Gasteiger partial charge in [0.2, 0.25) is 5.83 Å². The van der Waals surface area contributed by atoms with Crippen LogP contribution in [0.15, 0.2) is 66.9 Å². The number of aromatic nitrogens is 5. The molecule has 50 heavy (non-hydrogen) atoms. The quantitative estimate of drug-likeness (QED) is 0.212. The zero-order valence-corrected chi connectivity index (χ0v) is 27.9. The first-order chi connectivity index (χ1) is 24.3. The molecule has 0 radical (unpaired) electrons. The van der Waals surface area contributed by atoms with E-state index in [-0.39, 0.29) is 77.9 Å². The summed E-state index contributed by atoms with van der Waals surface area (Å²) >= 11 is 6.60. The Morgan fingerprint density at radius 3 is 2.68 bits per heavy atom. The fourth-order valence-corrected chi connectivity index (χ4v) is 6.85. The monoisotopic (exact) mass is 695 g/mol. The summed E-state index contributed by atoms with van der Waals surface area (Å²) in [5, 5.41) is 14.2. The van der Waals surface area contributed by atoms with Crippen LogP contribution in [-0.4, -0.2) is 92.5 Å². The predicted molar refractivity (Wildman–Crippen MR) is 184 cm³/mol. The average molecular weight is 696 g/mol. The number of ether oxygens (including phenoxy) is 1. The molecule has 254 valence electrons. The highest BCUT2D eigenvalue weighted by molar-refractivity contribution is 6.36. The van der Waals surface area contributed by atoms with E-state index in [4.69, 9.17) is 16.3 Å². The van der Waals surface area contributed by atoms with Gasteiger partial charge in [0.1, 0.15) is 17.8 Å². The van der Waals surface area contributed by atoms with Gasteiger partial charge in [-0.3, -0.25) is 9.78 Å². The molecule has 2 aliphatic rings. The fraction of sp³-hybridized carbons (Fsp3) is 0.306. The molecule has 0 unspecified atom stereocenters. The Hall–Kier alpha value is -5.16. The van der Waals surface area contributed by atoms with Gasteiger partial charge in [0.05, 0.1) is 23.8 Å². The lowest BCUT2D eigenvalue weighted by Gasteiger charge is -2.32. The van der Waals surface area contributed by atoms with Gasteiger partial charge in [-0.15, -0.1) is 0 Å². The number of nitrogens with one attached hydrogen (secondary N) is 1. The molecule has 5 aromatic rings. The van der Waals surface area contributed by atoms with Gasteiger partial charge < -0.3 is 19.9 Å². The summed E-state index contributed by atoms with van der Waals surface area (Å²) in [4.78, 5) is 39.4. The molecule has 5 heterocycles. The van der Waals surface area contributed by atoms with Crippen molar-refractivity contribution in [2.75, 3.05) is 39.8 Å². The SMILES string of the molecule is CN1CCC[C@H]1COc1nc(/C(=C(/F)C(=O)N2CCN[C@@H](CC#N)C2)c2ncccn2)c2cnc(-c3cccc4cccc(Cl)c34)c(F)c2n1. The summed E-state index contributed by atoms with van der Waals surface area (Å²) in [6.45, 7) is 1.82. The minimum Gasteiger partial charge on any atom is -0.462 e. The summed E-state index contributed by atoms with van der Waals surface area (Å²) in [5.74, 6) is -3.08. The van der Waals surface area contributed by atoms with E-state index < -0.39 is 17.6 Å². The highest BCUT2D eigenvalue weighted by Gasteiger charge is 2.32. The van der Waals surface area contributed by atoms with Gasteiger partial charge >= 0.3 is 6.01 Å². The van der Waals surface area contributed by atoms with Crippen LogP contribution in [0.5, 0.6) is 6.01 Å². The normalized spacial score (nSPS) is 18.7. The van der Waals surface area contributed by atoms with Gasteiger partial charge in [-0.25, -0.2) is 14.4 Å². The Balaban J connectivity index is 1.43. The van der Waals surface area contributed by atoms with Crippen LogP contribution in [0.3, 0.4) is 0 Å². The van der Waals surface area contributed by atoms with Crippen molar-refractivity contribution in [3.63, 3.8) is 0 Å². The number of hydrogen-bond acceptors (Lipinski definition) is 10. The molecule has 2 aliphatic heterocycles. The number of likely N-dealkylation sites (N-methyl/N-ethyl adjacent to an activating group) is 1. The van der Waals surface area contributed by atoms with Gasteiger partial charge in [0.25, 0.3) is 5.91 Å². The van der Waals surface area contributed by atoms with E-state index in [0.29, 0.717) is 22.5 Å². The van der Waals surface area contributed by atoms with Crippen LogP contribution >= 0.6 is 11.6 Å². The van der Waals surface area contributed by atoms with Crippen molar-refractivity contribution in [3.05, 3.63) is 89.2 Å². The molecular weight excluding hydrogens is 664 g/mol. The van der Waals surface area contributed by atoms with Crippen LogP contribution in [0.1, 0.15) is 30.8 Å². The van der Waals surface area contributed by atoms with Crippen molar-refractivity contribution in [1.29, 1.82) is 5.26 Å². The number of likely N-dealkylation sites (tertiary alicyclic amines) is 1.